The molecule has 0 amide bonds. The number of methoxy groups -OCH3 is 1. The number of carbonyl (C=O) groups is 1. The molecule has 0 bridgehead atoms. The van der Waals surface area contributed by atoms with Crippen LogP contribution in [0.25, 0.3) is 0 Å². The van der Waals surface area contributed by atoms with Gasteiger partial charge in [-0.3, -0.25) is 0 Å². The van der Waals surface area contributed by atoms with Crippen LogP contribution in [-0.4, -0.2) is 24.7 Å². The number of aromatic nitrogens is 1. The minimum absolute atomic E-state index is 0.190. The molecule has 0 saturated heterocycles. The first-order chi connectivity index (χ1) is 6.19. The lowest BCUT2D eigenvalue weighted by atomic mass is 10.7. The van der Waals surface area contributed by atoms with Crippen molar-refractivity contribution in [3.05, 3.63) is 10.2 Å². The number of esters is 1. The Morgan fingerprint density at radius 2 is 2.38 bits per heavy atom. The zero-order valence-corrected chi connectivity index (χ0v) is 8.74. The number of hydrogen-bond donors (Lipinski definition) is 0. The first-order valence-corrected chi connectivity index (χ1v) is 4.76. The van der Waals surface area contributed by atoms with E-state index in [1.807, 2.05) is 0 Å². The lowest BCUT2D eigenvalue weighted by Gasteiger charge is -1.94. The van der Waals surface area contributed by atoms with Gasteiger partial charge in [-0.1, -0.05) is 22.9 Å². The van der Waals surface area contributed by atoms with Crippen molar-refractivity contribution >= 4 is 28.9 Å². The molecule has 6 heteroatoms. The van der Waals surface area contributed by atoms with Crippen molar-refractivity contribution in [2.24, 2.45) is 0 Å². The summed E-state index contributed by atoms with van der Waals surface area (Å²) < 4.78 is 9.61. The number of rotatable bonds is 3. The fraction of sp³-hybridized carbons (Fsp3) is 0.429. The molecule has 1 heterocycles. The minimum atomic E-state index is -0.474. The average Bonchev–Trinajstić information content (AvgIpc) is 2.47. The van der Waals surface area contributed by atoms with E-state index in [9.17, 15) is 4.79 Å². The van der Waals surface area contributed by atoms with Crippen LogP contribution < -0.4 is 4.74 Å². The number of carbonyl (C=O) groups excluding carboxylic acids is 1. The number of halogens is 1. The molecule has 72 valence electrons. The molecule has 0 aliphatic rings. The topological polar surface area (TPSA) is 48.4 Å². The van der Waals surface area contributed by atoms with Crippen LogP contribution in [0.1, 0.15) is 16.7 Å². The predicted octanol–water partition coefficient (Wildman–Crippen LogP) is 1.98. The normalized spacial score (nSPS) is 9.77. The third kappa shape index (κ3) is 2.32. The SMILES string of the molecule is CCOC(=O)c1nc(Cl)c(OC)s1. The molecule has 0 N–H and O–H groups in total. The molecule has 0 saturated carbocycles. The van der Waals surface area contributed by atoms with Crippen molar-refractivity contribution in [2.75, 3.05) is 13.7 Å². The predicted molar refractivity (Wildman–Crippen MR) is 49.6 cm³/mol. The van der Waals surface area contributed by atoms with Crippen LogP contribution in [0.4, 0.5) is 0 Å². The van der Waals surface area contributed by atoms with Gasteiger partial charge in [0.05, 0.1) is 13.7 Å². The summed E-state index contributed by atoms with van der Waals surface area (Å²) in [7, 11) is 1.47. The maximum atomic E-state index is 11.1. The van der Waals surface area contributed by atoms with E-state index in [2.05, 4.69) is 4.98 Å². The Morgan fingerprint density at radius 1 is 1.69 bits per heavy atom. The summed E-state index contributed by atoms with van der Waals surface area (Å²) >= 11 is 6.72. The van der Waals surface area contributed by atoms with Crippen molar-refractivity contribution in [1.29, 1.82) is 0 Å². The van der Waals surface area contributed by atoms with Gasteiger partial charge in [-0.2, -0.15) is 0 Å². The van der Waals surface area contributed by atoms with Crippen LogP contribution in [0.5, 0.6) is 5.06 Å². The largest absolute Gasteiger partial charge is 0.485 e. The first-order valence-electron chi connectivity index (χ1n) is 3.56. The van der Waals surface area contributed by atoms with Gasteiger partial charge in [0.2, 0.25) is 10.1 Å². The third-order valence-electron chi connectivity index (χ3n) is 1.19. The molecule has 0 unspecified atom stereocenters. The van der Waals surface area contributed by atoms with Crippen LogP contribution in [0.2, 0.25) is 5.15 Å². The molecular formula is C7H8ClNO3S. The first kappa shape index (κ1) is 10.3. The van der Waals surface area contributed by atoms with Crippen molar-refractivity contribution in [1.82, 2.24) is 4.98 Å². The average molecular weight is 222 g/mol. The highest BCUT2D eigenvalue weighted by atomic mass is 35.5. The maximum Gasteiger partial charge on any atom is 0.367 e. The molecule has 0 aliphatic heterocycles. The molecule has 13 heavy (non-hydrogen) atoms. The fourth-order valence-electron chi connectivity index (χ4n) is 0.694. The van der Waals surface area contributed by atoms with Gasteiger partial charge in [-0.15, -0.1) is 0 Å². The Morgan fingerprint density at radius 3 is 2.85 bits per heavy atom. The van der Waals surface area contributed by atoms with Gasteiger partial charge < -0.3 is 9.47 Å². The van der Waals surface area contributed by atoms with Gasteiger partial charge in [-0.25, -0.2) is 9.78 Å². The fourth-order valence-corrected chi connectivity index (χ4v) is 1.69. The van der Waals surface area contributed by atoms with E-state index in [1.54, 1.807) is 6.92 Å². The smallest absolute Gasteiger partial charge is 0.367 e. The van der Waals surface area contributed by atoms with Crippen LogP contribution >= 0.6 is 22.9 Å². The van der Waals surface area contributed by atoms with Crippen LogP contribution in [0, 0.1) is 0 Å². The number of nitrogens with zero attached hydrogens (tertiary/aromatic N) is 1. The molecule has 1 aromatic heterocycles. The van der Waals surface area contributed by atoms with Gasteiger partial charge in [0, 0.05) is 0 Å². The van der Waals surface area contributed by atoms with Crippen molar-refractivity contribution in [3.63, 3.8) is 0 Å². The van der Waals surface area contributed by atoms with Crippen LogP contribution in [0.15, 0.2) is 0 Å². The number of ether oxygens (including phenoxy) is 2. The summed E-state index contributed by atoms with van der Waals surface area (Å²) in [5, 5.41) is 0.823. The Balaban J connectivity index is 2.84. The molecule has 0 fully saturated rings. The van der Waals surface area contributed by atoms with E-state index >= 15 is 0 Å². The highest BCUT2D eigenvalue weighted by Gasteiger charge is 2.16. The van der Waals surface area contributed by atoms with Crippen molar-refractivity contribution in [2.45, 2.75) is 6.92 Å². The molecule has 0 aromatic carbocycles. The minimum Gasteiger partial charge on any atom is -0.485 e. The second-order valence-electron chi connectivity index (χ2n) is 2.02. The molecule has 0 spiro atoms. The zero-order chi connectivity index (χ0) is 9.84. The van der Waals surface area contributed by atoms with E-state index in [0.717, 1.165) is 11.3 Å². The highest BCUT2D eigenvalue weighted by molar-refractivity contribution is 7.15. The lowest BCUT2D eigenvalue weighted by Crippen LogP contribution is -2.03. The van der Waals surface area contributed by atoms with Gasteiger partial charge >= 0.3 is 5.97 Å². The standard InChI is InChI=1S/C7H8ClNO3S/c1-3-12-6(10)5-9-4(8)7(11-2)13-5/h3H2,1-2H3. The molecule has 0 radical (unpaired) electrons. The summed E-state index contributed by atoms with van der Waals surface area (Å²) in [5.74, 6) is -0.474. The monoisotopic (exact) mass is 221 g/mol. The summed E-state index contributed by atoms with van der Waals surface area (Å²) in [6, 6.07) is 0. The van der Waals surface area contributed by atoms with Crippen molar-refractivity contribution < 1.29 is 14.3 Å². The summed E-state index contributed by atoms with van der Waals surface area (Å²) in [6.07, 6.45) is 0. The summed E-state index contributed by atoms with van der Waals surface area (Å²) in [4.78, 5) is 14.9. The van der Waals surface area contributed by atoms with E-state index in [0.29, 0.717) is 11.7 Å². The van der Waals surface area contributed by atoms with Gasteiger partial charge in [0.15, 0.2) is 5.15 Å². The Labute approximate surface area is 84.4 Å². The number of thiazole rings is 1. The quantitative estimate of drug-likeness (QED) is 0.733. The van der Waals surface area contributed by atoms with E-state index in [-0.39, 0.29) is 10.2 Å². The Hall–Kier alpha value is -0.810. The maximum absolute atomic E-state index is 11.1. The van der Waals surface area contributed by atoms with Crippen molar-refractivity contribution in [3.8, 4) is 5.06 Å². The van der Waals surface area contributed by atoms with E-state index in [1.165, 1.54) is 7.11 Å². The summed E-state index contributed by atoms with van der Waals surface area (Å²) in [6.45, 7) is 2.04. The van der Waals surface area contributed by atoms with E-state index in [4.69, 9.17) is 21.1 Å². The molecule has 0 atom stereocenters. The van der Waals surface area contributed by atoms with Crippen LogP contribution in [-0.2, 0) is 4.74 Å². The number of hydrogen-bond acceptors (Lipinski definition) is 5. The molecular weight excluding hydrogens is 214 g/mol. The third-order valence-corrected chi connectivity index (χ3v) is 2.56. The van der Waals surface area contributed by atoms with Gasteiger partial charge in [0.1, 0.15) is 0 Å². The molecule has 4 nitrogen and oxygen atoms in total. The van der Waals surface area contributed by atoms with Gasteiger partial charge in [0.25, 0.3) is 0 Å². The molecule has 1 rings (SSSR count). The highest BCUT2D eigenvalue weighted by Crippen LogP contribution is 2.31. The lowest BCUT2D eigenvalue weighted by molar-refractivity contribution is 0.0526. The Kier molecular flexibility index (Phi) is 3.50. The molecule has 0 aliphatic carbocycles. The second kappa shape index (κ2) is 4.43. The van der Waals surface area contributed by atoms with E-state index < -0.39 is 5.97 Å². The zero-order valence-electron chi connectivity index (χ0n) is 7.17. The van der Waals surface area contributed by atoms with Gasteiger partial charge in [-0.05, 0) is 6.92 Å². The summed E-state index contributed by atoms with van der Waals surface area (Å²) in [5.41, 5.74) is 0. The Bertz CT molecular complexity index is 313. The molecule has 1 aromatic rings. The van der Waals surface area contributed by atoms with Crippen LogP contribution in [0.3, 0.4) is 0 Å². The second-order valence-corrected chi connectivity index (χ2v) is 3.34.